The van der Waals surface area contributed by atoms with Gasteiger partial charge in [-0.05, 0) is 0 Å². The average Bonchev–Trinajstić information content (AvgIpc) is 2.30. The summed E-state index contributed by atoms with van der Waals surface area (Å²) in [6.07, 6.45) is -1.48. The number of amides is 1. The minimum Gasteiger partial charge on any atom is -0.383 e. The normalized spacial score (nSPS) is 13.7. The molecule has 0 fully saturated rings. The Hall–Kier alpha value is -0.970. The Balaban J connectivity index is 4.60. The SMILES string of the molecule is [C-]#[N+]CCN(C)C(=O)[C@H](O)C(C)(C)COP(=O)(O)O. The van der Waals surface area contributed by atoms with Gasteiger partial charge in [-0.25, -0.2) is 11.1 Å². The van der Waals surface area contributed by atoms with Crippen molar-refractivity contribution in [1.29, 1.82) is 0 Å². The molecule has 0 aromatic heterocycles. The highest BCUT2D eigenvalue weighted by atomic mass is 31.2. The van der Waals surface area contributed by atoms with E-state index in [-0.39, 0.29) is 13.1 Å². The largest absolute Gasteiger partial charge is 0.469 e. The van der Waals surface area contributed by atoms with Gasteiger partial charge in [0, 0.05) is 12.5 Å². The second-order valence-corrected chi connectivity index (χ2v) is 6.04. The molecule has 9 heteroatoms. The molecule has 110 valence electrons. The van der Waals surface area contributed by atoms with Crippen molar-refractivity contribution >= 4 is 13.7 Å². The van der Waals surface area contributed by atoms with Crippen LogP contribution in [0.5, 0.6) is 0 Å². The van der Waals surface area contributed by atoms with Gasteiger partial charge < -0.3 is 24.6 Å². The number of likely N-dealkylation sites (N-methyl/N-ethyl adjacent to an activating group) is 1. The number of phosphoric acid groups is 1. The number of hydrogen-bond donors (Lipinski definition) is 3. The number of carbonyl (C=O) groups is 1. The molecule has 0 bridgehead atoms. The third kappa shape index (κ3) is 6.66. The predicted molar refractivity (Wildman–Crippen MR) is 66.9 cm³/mol. The van der Waals surface area contributed by atoms with Crippen molar-refractivity contribution in [3.63, 3.8) is 0 Å². The number of nitrogens with zero attached hydrogens (tertiary/aromatic N) is 2. The summed E-state index contributed by atoms with van der Waals surface area (Å²) in [5.74, 6) is -0.622. The first-order valence-corrected chi connectivity index (χ1v) is 7.00. The maximum atomic E-state index is 11.8. The molecule has 8 nitrogen and oxygen atoms in total. The van der Waals surface area contributed by atoms with Crippen LogP contribution in [0.25, 0.3) is 4.85 Å². The lowest BCUT2D eigenvalue weighted by Gasteiger charge is -2.31. The van der Waals surface area contributed by atoms with Gasteiger partial charge in [0.15, 0.2) is 0 Å². The molecular weight excluding hydrogens is 275 g/mol. The van der Waals surface area contributed by atoms with Crippen LogP contribution in [0.3, 0.4) is 0 Å². The first-order chi connectivity index (χ1) is 8.51. The second-order valence-electron chi connectivity index (χ2n) is 4.80. The number of rotatable bonds is 7. The molecule has 0 aliphatic rings. The third-order valence-corrected chi connectivity index (χ3v) is 2.97. The Labute approximate surface area is 112 Å². The zero-order chi connectivity index (χ0) is 15.3. The van der Waals surface area contributed by atoms with E-state index < -0.39 is 31.9 Å². The van der Waals surface area contributed by atoms with Crippen LogP contribution in [0.15, 0.2) is 0 Å². The van der Waals surface area contributed by atoms with Crippen LogP contribution in [0.1, 0.15) is 13.8 Å². The van der Waals surface area contributed by atoms with E-state index in [0.717, 1.165) is 0 Å². The summed E-state index contributed by atoms with van der Waals surface area (Å²) >= 11 is 0. The Kier molecular flexibility index (Phi) is 6.63. The van der Waals surface area contributed by atoms with E-state index >= 15 is 0 Å². The summed E-state index contributed by atoms with van der Waals surface area (Å²) in [6.45, 7) is 9.35. The maximum absolute atomic E-state index is 11.8. The molecule has 0 spiro atoms. The Morgan fingerprint density at radius 1 is 1.53 bits per heavy atom. The fourth-order valence-corrected chi connectivity index (χ4v) is 1.68. The van der Waals surface area contributed by atoms with Gasteiger partial charge in [-0.2, -0.15) is 0 Å². The van der Waals surface area contributed by atoms with Crippen LogP contribution in [0.4, 0.5) is 0 Å². The standard InChI is InChI=1S/C10H19N2O6P/c1-10(2,7-18-19(15,16)17)8(13)9(14)12(4)6-5-11-3/h8,13H,5-7H2,1-2,4H3,(H2,15,16,17)/t8-/m0/s1. The molecule has 0 unspecified atom stereocenters. The smallest absolute Gasteiger partial charge is 0.383 e. The van der Waals surface area contributed by atoms with Crippen LogP contribution in [-0.4, -0.2) is 58.5 Å². The zero-order valence-electron chi connectivity index (χ0n) is 11.1. The Morgan fingerprint density at radius 3 is 2.47 bits per heavy atom. The maximum Gasteiger partial charge on any atom is 0.469 e. The monoisotopic (exact) mass is 294 g/mol. The first-order valence-electron chi connectivity index (χ1n) is 5.47. The molecule has 0 rings (SSSR count). The molecular formula is C10H19N2O6P. The second kappa shape index (κ2) is 6.98. The predicted octanol–water partition coefficient (Wildman–Crippen LogP) is -0.140. The summed E-state index contributed by atoms with van der Waals surface area (Å²) in [7, 11) is -3.21. The third-order valence-electron chi connectivity index (χ3n) is 2.50. The number of aliphatic hydroxyl groups excluding tert-OH is 1. The van der Waals surface area contributed by atoms with Crippen LogP contribution in [-0.2, 0) is 13.9 Å². The van der Waals surface area contributed by atoms with Crippen molar-refractivity contribution in [3.05, 3.63) is 11.4 Å². The number of phosphoric ester groups is 1. The van der Waals surface area contributed by atoms with E-state index in [0.29, 0.717) is 0 Å². The van der Waals surface area contributed by atoms with Crippen molar-refractivity contribution in [3.8, 4) is 0 Å². The highest BCUT2D eigenvalue weighted by Gasteiger charge is 2.37. The molecule has 1 atom stereocenters. The molecule has 0 aromatic rings. The summed E-state index contributed by atoms with van der Waals surface area (Å²) in [4.78, 5) is 33.3. The zero-order valence-corrected chi connectivity index (χ0v) is 12.0. The van der Waals surface area contributed by atoms with E-state index in [9.17, 15) is 14.5 Å². The minimum absolute atomic E-state index is 0.119. The quantitative estimate of drug-likeness (QED) is 0.445. The van der Waals surface area contributed by atoms with E-state index in [2.05, 4.69) is 9.37 Å². The van der Waals surface area contributed by atoms with E-state index in [1.807, 2.05) is 0 Å². The summed E-state index contributed by atoms with van der Waals surface area (Å²) in [6, 6.07) is 0. The van der Waals surface area contributed by atoms with E-state index in [1.54, 1.807) is 0 Å². The van der Waals surface area contributed by atoms with Crippen molar-refractivity contribution in [2.75, 3.05) is 26.7 Å². The molecule has 0 saturated carbocycles. The van der Waals surface area contributed by atoms with Gasteiger partial charge in [0.05, 0.1) is 13.2 Å². The molecule has 0 aromatic carbocycles. The highest BCUT2D eigenvalue weighted by molar-refractivity contribution is 7.46. The van der Waals surface area contributed by atoms with Crippen LogP contribution in [0.2, 0.25) is 0 Å². The summed E-state index contributed by atoms with van der Waals surface area (Å²) in [5, 5.41) is 9.91. The van der Waals surface area contributed by atoms with Crippen molar-refractivity contribution < 1.29 is 28.8 Å². The van der Waals surface area contributed by atoms with E-state index in [4.69, 9.17) is 16.4 Å². The van der Waals surface area contributed by atoms with Crippen molar-refractivity contribution in [2.24, 2.45) is 5.41 Å². The van der Waals surface area contributed by atoms with Gasteiger partial charge in [0.1, 0.15) is 6.10 Å². The Bertz CT molecular complexity index is 399. The minimum atomic E-state index is -4.65. The molecule has 3 N–H and O–H groups in total. The molecule has 1 amide bonds. The van der Waals surface area contributed by atoms with Gasteiger partial charge in [0.2, 0.25) is 6.54 Å². The number of hydrogen-bond acceptors (Lipinski definition) is 4. The lowest BCUT2D eigenvalue weighted by atomic mass is 9.87. The van der Waals surface area contributed by atoms with Crippen molar-refractivity contribution in [1.82, 2.24) is 4.90 Å². The molecule has 0 aliphatic carbocycles. The van der Waals surface area contributed by atoms with Gasteiger partial charge in [0.25, 0.3) is 5.91 Å². The topological polar surface area (TPSA) is 112 Å². The highest BCUT2D eigenvalue weighted by Crippen LogP contribution is 2.38. The summed E-state index contributed by atoms with van der Waals surface area (Å²) < 4.78 is 14.9. The molecule has 0 heterocycles. The van der Waals surface area contributed by atoms with Crippen molar-refractivity contribution in [2.45, 2.75) is 20.0 Å². The van der Waals surface area contributed by atoms with Crippen LogP contribution >= 0.6 is 7.82 Å². The number of carbonyl (C=O) groups excluding carboxylic acids is 1. The lowest BCUT2D eigenvalue weighted by Crippen LogP contribution is -2.47. The molecule has 0 aliphatic heterocycles. The van der Waals surface area contributed by atoms with E-state index in [1.165, 1.54) is 25.8 Å². The molecule has 19 heavy (non-hydrogen) atoms. The van der Waals surface area contributed by atoms with Crippen LogP contribution in [0, 0.1) is 12.0 Å². The fraction of sp³-hybridized carbons (Fsp3) is 0.800. The Morgan fingerprint density at radius 2 is 2.05 bits per heavy atom. The average molecular weight is 294 g/mol. The molecule has 0 radical (unpaired) electrons. The molecule has 0 saturated heterocycles. The van der Waals surface area contributed by atoms with Crippen LogP contribution < -0.4 is 0 Å². The van der Waals surface area contributed by atoms with Gasteiger partial charge in [-0.15, -0.1) is 0 Å². The van der Waals surface area contributed by atoms with Gasteiger partial charge in [-0.3, -0.25) is 9.32 Å². The number of aliphatic hydroxyl groups is 1. The summed E-state index contributed by atoms with van der Waals surface area (Å²) in [5.41, 5.74) is -1.16. The van der Waals surface area contributed by atoms with Gasteiger partial charge in [-0.1, -0.05) is 13.8 Å². The lowest BCUT2D eigenvalue weighted by molar-refractivity contribution is -0.146. The fourth-order valence-electron chi connectivity index (χ4n) is 1.18. The van der Waals surface area contributed by atoms with Gasteiger partial charge >= 0.3 is 7.82 Å². The first kappa shape index (κ1) is 18.0.